The van der Waals surface area contributed by atoms with E-state index in [1.165, 1.54) is 25.7 Å². The monoisotopic (exact) mass is 170 g/mol. The van der Waals surface area contributed by atoms with Crippen molar-refractivity contribution >= 4 is 0 Å². The van der Waals surface area contributed by atoms with E-state index in [0.29, 0.717) is 0 Å². The van der Waals surface area contributed by atoms with Gasteiger partial charge in [0, 0.05) is 0 Å². The molecule has 0 bridgehead atoms. The number of hydrogen-bond donors (Lipinski definition) is 0. The summed E-state index contributed by atoms with van der Waals surface area (Å²) in [5.41, 5.74) is 6.43. The molecule has 0 unspecified atom stereocenters. The molecule has 0 aliphatic heterocycles. The van der Waals surface area contributed by atoms with E-state index in [0.717, 1.165) is 0 Å². The molecule has 0 N–H and O–H groups in total. The normalized spacial score (nSPS) is 16.6. The Kier molecular flexibility index (Phi) is 4.42. The van der Waals surface area contributed by atoms with Crippen molar-refractivity contribution < 1.29 is 37.7 Å². The fourth-order valence-electron chi connectivity index (χ4n) is 2.43. The first-order valence-electron chi connectivity index (χ1n) is 4.71. The average molecular weight is 170 g/mol. The van der Waals surface area contributed by atoms with Gasteiger partial charge in [-0.15, -0.1) is 0 Å². The Morgan fingerprint density at radius 3 is 1.57 bits per heavy atom. The van der Waals surface area contributed by atoms with Crippen molar-refractivity contribution in [2.75, 3.05) is 0 Å². The standard InChI is InChI=1S/C12H12.2Li/c1-3-9-7-8-10-4-2-6-12(10)11(9)5-1;;/h1-2,7-8H,3-6H2;;/q-2;2*+1. The molecule has 0 radical (unpaired) electrons. The zero-order chi connectivity index (χ0) is 7.97. The van der Waals surface area contributed by atoms with Crippen LogP contribution in [0, 0.1) is 12.8 Å². The maximum absolute atomic E-state index is 2.39. The van der Waals surface area contributed by atoms with Crippen LogP contribution < -0.4 is 37.7 Å². The van der Waals surface area contributed by atoms with Gasteiger partial charge in [-0.05, 0) is 0 Å². The van der Waals surface area contributed by atoms with E-state index in [9.17, 15) is 0 Å². The van der Waals surface area contributed by atoms with Crippen LogP contribution in [-0.2, 0) is 25.7 Å². The van der Waals surface area contributed by atoms with Gasteiger partial charge in [0.15, 0.2) is 0 Å². The minimum Gasteiger partial charge on any atom is -0.320 e. The largest absolute Gasteiger partial charge is 1.00 e. The third-order valence-corrected chi connectivity index (χ3v) is 3.05. The Labute approximate surface area is 110 Å². The molecule has 3 rings (SSSR count). The van der Waals surface area contributed by atoms with Gasteiger partial charge in [-0.2, -0.15) is 25.7 Å². The molecule has 0 heterocycles. The van der Waals surface area contributed by atoms with E-state index in [2.05, 4.69) is 25.0 Å². The molecular formula is C12H12Li2. The Morgan fingerprint density at radius 2 is 1.14 bits per heavy atom. The quantitative estimate of drug-likeness (QED) is 0.278. The topological polar surface area (TPSA) is 0 Å². The Morgan fingerprint density at radius 1 is 0.714 bits per heavy atom. The van der Waals surface area contributed by atoms with Crippen molar-refractivity contribution in [3.05, 3.63) is 47.2 Å². The first-order valence-corrected chi connectivity index (χ1v) is 4.71. The van der Waals surface area contributed by atoms with Crippen molar-refractivity contribution in [2.24, 2.45) is 0 Å². The van der Waals surface area contributed by atoms with Crippen molar-refractivity contribution in [1.82, 2.24) is 0 Å². The molecule has 0 saturated heterocycles. The minimum atomic E-state index is 0. The smallest absolute Gasteiger partial charge is 0.320 e. The van der Waals surface area contributed by atoms with Crippen molar-refractivity contribution in [3.8, 4) is 0 Å². The summed E-state index contributed by atoms with van der Waals surface area (Å²) in [6, 6.07) is 4.63. The van der Waals surface area contributed by atoms with E-state index in [4.69, 9.17) is 0 Å². The summed E-state index contributed by atoms with van der Waals surface area (Å²) in [7, 11) is 0. The summed E-state index contributed by atoms with van der Waals surface area (Å²) >= 11 is 0. The van der Waals surface area contributed by atoms with E-state index in [-0.39, 0.29) is 37.7 Å². The van der Waals surface area contributed by atoms with Gasteiger partial charge in [0.2, 0.25) is 0 Å². The molecule has 0 fully saturated rings. The van der Waals surface area contributed by atoms with E-state index in [1.54, 1.807) is 22.3 Å². The Bertz CT molecular complexity index is 298. The van der Waals surface area contributed by atoms with Gasteiger partial charge in [-0.1, -0.05) is 34.4 Å². The molecule has 2 aliphatic carbocycles. The zero-order valence-electron chi connectivity index (χ0n) is 9.14. The Balaban J connectivity index is 0.000000490. The van der Waals surface area contributed by atoms with Crippen LogP contribution in [-0.4, -0.2) is 0 Å². The van der Waals surface area contributed by atoms with Crippen molar-refractivity contribution in [2.45, 2.75) is 25.7 Å². The van der Waals surface area contributed by atoms with Crippen LogP contribution in [0.25, 0.3) is 0 Å². The SMILES string of the molecule is [Li+].[Li+].c1cc2c(c3c1C[CH-]C3)C[CH-]C2. The summed E-state index contributed by atoms with van der Waals surface area (Å²) in [6.45, 7) is 0. The molecule has 2 heteroatoms. The van der Waals surface area contributed by atoms with Crippen molar-refractivity contribution in [1.29, 1.82) is 0 Å². The fourth-order valence-corrected chi connectivity index (χ4v) is 2.43. The van der Waals surface area contributed by atoms with Crippen molar-refractivity contribution in [3.63, 3.8) is 0 Å². The van der Waals surface area contributed by atoms with Crippen LogP contribution in [0.1, 0.15) is 22.3 Å². The molecule has 14 heavy (non-hydrogen) atoms. The molecule has 62 valence electrons. The average Bonchev–Trinajstić information content (AvgIpc) is 2.71. The van der Waals surface area contributed by atoms with E-state index < -0.39 is 0 Å². The summed E-state index contributed by atoms with van der Waals surface area (Å²) in [5.74, 6) is 0. The fraction of sp³-hybridized carbons (Fsp3) is 0.333. The molecule has 1 aromatic carbocycles. The maximum Gasteiger partial charge on any atom is 1.00 e. The Hall–Kier alpha value is 0.415. The first kappa shape index (κ1) is 12.5. The second-order valence-corrected chi connectivity index (χ2v) is 3.73. The summed E-state index contributed by atoms with van der Waals surface area (Å²) in [5, 5.41) is 0. The zero-order valence-corrected chi connectivity index (χ0v) is 9.14. The van der Waals surface area contributed by atoms with Crippen LogP contribution in [0.4, 0.5) is 0 Å². The van der Waals surface area contributed by atoms with Gasteiger partial charge in [0.1, 0.15) is 0 Å². The molecule has 2 aliphatic rings. The van der Waals surface area contributed by atoms with Crippen LogP contribution >= 0.6 is 0 Å². The maximum atomic E-state index is 2.39. The molecule has 0 spiro atoms. The number of hydrogen-bond acceptors (Lipinski definition) is 0. The molecular weight excluding hydrogens is 158 g/mol. The van der Waals surface area contributed by atoms with Gasteiger partial charge in [0.25, 0.3) is 0 Å². The van der Waals surface area contributed by atoms with Gasteiger partial charge < -0.3 is 12.8 Å². The first-order chi connectivity index (χ1) is 5.95. The third-order valence-electron chi connectivity index (χ3n) is 3.05. The van der Waals surface area contributed by atoms with Gasteiger partial charge >= 0.3 is 37.7 Å². The number of rotatable bonds is 0. The number of benzene rings is 1. The van der Waals surface area contributed by atoms with E-state index >= 15 is 0 Å². The molecule has 0 aromatic heterocycles. The predicted molar refractivity (Wildman–Crippen MR) is 49.9 cm³/mol. The molecule has 0 saturated carbocycles. The number of fused-ring (bicyclic) bond motifs is 3. The second kappa shape index (κ2) is 4.96. The summed E-state index contributed by atoms with van der Waals surface area (Å²) in [6.07, 6.45) is 9.61. The van der Waals surface area contributed by atoms with Crippen LogP contribution in [0.2, 0.25) is 0 Å². The molecule has 0 atom stereocenters. The second-order valence-electron chi connectivity index (χ2n) is 3.73. The third kappa shape index (κ3) is 1.87. The summed E-state index contributed by atoms with van der Waals surface area (Å²) in [4.78, 5) is 0. The van der Waals surface area contributed by atoms with Crippen LogP contribution in [0.15, 0.2) is 12.1 Å². The van der Waals surface area contributed by atoms with Gasteiger partial charge in [0.05, 0.1) is 0 Å². The minimum absolute atomic E-state index is 0. The summed E-state index contributed by atoms with van der Waals surface area (Å²) < 4.78 is 0. The van der Waals surface area contributed by atoms with Gasteiger partial charge in [-0.25, -0.2) is 0 Å². The molecule has 1 aromatic rings. The molecule has 0 amide bonds. The van der Waals surface area contributed by atoms with Crippen LogP contribution in [0.3, 0.4) is 0 Å². The van der Waals surface area contributed by atoms with Crippen LogP contribution in [0.5, 0.6) is 0 Å². The van der Waals surface area contributed by atoms with E-state index in [1.807, 2.05) is 0 Å². The van der Waals surface area contributed by atoms with Gasteiger partial charge in [-0.3, -0.25) is 0 Å². The predicted octanol–water partition coefficient (Wildman–Crippen LogP) is -3.70. The molecule has 0 nitrogen and oxygen atoms in total.